The molecule has 144 valence electrons. The van der Waals surface area contributed by atoms with Gasteiger partial charge >= 0.3 is 0 Å². The molecule has 0 N–H and O–H groups in total. The van der Waals surface area contributed by atoms with E-state index in [9.17, 15) is 4.79 Å². The summed E-state index contributed by atoms with van der Waals surface area (Å²) in [5.74, 6) is 1.35. The molecule has 0 saturated carbocycles. The van der Waals surface area contributed by atoms with Crippen molar-refractivity contribution in [3.05, 3.63) is 74.8 Å². The Balaban J connectivity index is 1.80. The second-order valence-corrected chi connectivity index (χ2v) is 7.44. The van der Waals surface area contributed by atoms with Crippen molar-refractivity contribution in [2.24, 2.45) is 7.05 Å². The molecule has 0 spiro atoms. The SMILES string of the molecule is CCN(Cc1ccccc1Cl)Cc1nnc2n(C)c(=O)c3cc(C)ccc3n12. The lowest BCUT2D eigenvalue weighted by molar-refractivity contribution is 0.264. The minimum Gasteiger partial charge on any atom is -0.292 e. The summed E-state index contributed by atoms with van der Waals surface area (Å²) in [7, 11) is 1.74. The summed E-state index contributed by atoms with van der Waals surface area (Å²) < 4.78 is 3.54. The lowest BCUT2D eigenvalue weighted by Crippen LogP contribution is -2.25. The van der Waals surface area contributed by atoms with Gasteiger partial charge in [-0.3, -0.25) is 18.7 Å². The van der Waals surface area contributed by atoms with E-state index in [0.29, 0.717) is 24.3 Å². The first-order valence-corrected chi connectivity index (χ1v) is 9.66. The summed E-state index contributed by atoms with van der Waals surface area (Å²) in [5.41, 5.74) is 2.89. The van der Waals surface area contributed by atoms with Gasteiger partial charge in [-0.15, -0.1) is 10.2 Å². The zero-order chi connectivity index (χ0) is 19.8. The fraction of sp³-hybridized carbons (Fsp3) is 0.286. The molecule has 0 aliphatic rings. The molecular formula is C21H22ClN5O. The molecule has 0 fully saturated rings. The van der Waals surface area contributed by atoms with Crippen LogP contribution in [0.1, 0.15) is 23.9 Å². The van der Waals surface area contributed by atoms with Gasteiger partial charge in [-0.05, 0) is 37.2 Å². The van der Waals surface area contributed by atoms with Gasteiger partial charge in [0.15, 0.2) is 5.82 Å². The molecule has 2 aromatic carbocycles. The zero-order valence-corrected chi connectivity index (χ0v) is 16.9. The highest BCUT2D eigenvalue weighted by atomic mass is 35.5. The third-order valence-electron chi connectivity index (χ3n) is 5.11. The molecule has 0 radical (unpaired) electrons. The van der Waals surface area contributed by atoms with Crippen LogP contribution in [0.3, 0.4) is 0 Å². The van der Waals surface area contributed by atoms with Crippen molar-refractivity contribution in [2.45, 2.75) is 26.9 Å². The van der Waals surface area contributed by atoms with Crippen LogP contribution in [0.15, 0.2) is 47.3 Å². The Morgan fingerprint density at radius 3 is 2.64 bits per heavy atom. The highest BCUT2D eigenvalue weighted by molar-refractivity contribution is 6.31. The molecule has 0 aliphatic carbocycles. The normalized spacial score (nSPS) is 11.8. The zero-order valence-electron chi connectivity index (χ0n) is 16.2. The van der Waals surface area contributed by atoms with Gasteiger partial charge in [0.25, 0.3) is 5.56 Å². The van der Waals surface area contributed by atoms with Crippen molar-refractivity contribution in [1.29, 1.82) is 0 Å². The van der Waals surface area contributed by atoms with E-state index in [-0.39, 0.29) is 5.56 Å². The van der Waals surface area contributed by atoms with Gasteiger partial charge in [-0.1, -0.05) is 48.4 Å². The van der Waals surface area contributed by atoms with E-state index in [4.69, 9.17) is 11.6 Å². The maximum atomic E-state index is 12.7. The van der Waals surface area contributed by atoms with E-state index in [1.165, 1.54) is 0 Å². The molecule has 28 heavy (non-hydrogen) atoms. The topological polar surface area (TPSA) is 55.4 Å². The van der Waals surface area contributed by atoms with Crippen LogP contribution in [0.2, 0.25) is 5.02 Å². The monoisotopic (exact) mass is 395 g/mol. The van der Waals surface area contributed by atoms with E-state index in [1.807, 2.05) is 53.8 Å². The Labute approximate surface area is 168 Å². The number of rotatable bonds is 5. The molecule has 2 heterocycles. The van der Waals surface area contributed by atoms with Crippen molar-refractivity contribution < 1.29 is 0 Å². The third-order valence-corrected chi connectivity index (χ3v) is 5.47. The van der Waals surface area contributed by atoms with E-state index < -0.39 is 0 Å². The molecule has 0 unspecified atom stereocenters. The van der Waals surface area contributed by atoms with Gasteiger partial charge in [0, 0.05) is 18.6 Å². The third kappa shape index (κ3) is 3.19. The van der Waals surface area contributed by atoms with Gasteiger partial charge in [0.1, 0.15) is 0 Å². The fourth-order valence-electron chi connectivity index (χ4n) is 3.51. The summed E-state index contributed by atoms with van der Waals surface area (Å²) in [6.07, 6.45) is 0. The minimum absolute atomic E-state index is 0.0615. The Bertz CT molecular complexity index is 1230. The molecule has 0 atom stereocenters. The van der Waals surface area contributed by atoms with Crippen molar-refractivity contribution in [2.75, 3.05) is 6.54 Å². The Hall–Kier alpha value is -2.70. The summed E-state index contributed by atoms with van der Waals surface area (Å²) >= 11 is 6.34. The molecule has 0 bridgehead atoms. The average Bonchev–Trinajstić information content (AvgIpc) is 3.11. The summed E-state index contributed by atoms with van der Waals surface area (Å²) in [4.78, 5) is 15.0. The van der Waals surface area contributed by atoms with E-state index in [1.54, 1.807) is 11.6 Å². The van der Waals surface area contributed by atoms with Crippen molar-refractivity contribution >= 4 is 28.3 Å². The minimum atomic E-state index is -0.0615. The molecule has 0 aliphatic heterocycles. The van der Waals surface area contributed by atoms with Crippen LogP contribution in [0.4, 0.5) is 0 Å². The first-order chi connectivity index (χ1) is 13.5. The molecule has 7 heteroatoms. The van der Waals surface area contributed by atoms with Crippen LogP contribution in [0.5, 0.6) is 0 Å². The Morgan fingerprint density at radius 2 is 1.89 bits per heavy atom. The highest BCUT2D eigenvalue weighted by Crippen LogP contribution is 2.20. The van der Waals surface area contributed by atoms with Crippen LogP contribution in [0, 0.1) is 6.92 Å². The van der Waals surface area contributed by atoms with Crippen LogP contribution in [-0.2, 0) is 20.1 Å². The molecule has 0 saturated heterocycles. The Kier molecular flexibility index (Phi) is 4.91. The van der Waals surface area contributed by atoms with Gasteiger partial charge in [0.2, 0.25) is 5.78 Å². The quantitative estimate of drug-likeness (QED) is 0.518. The predicted octanol–water partition coefficient (Wildman–Crippen LogP) is 3.57. The maximum absolute atomic E-state index is 12.7. The molecule has 4 rings (SSSR count). The molecule has 0 amide bonds. The number of hydrogen-bond donors (Lipinski definition) is 0. The molecule has 6 nitrogen and oxygen atoms in total. The number of nitrogens with zero attached hydrogens (tertiary/aromatic N) is 5. The molecule has 4 aromatic rings. The Morgan fingerprint density at radius 1 is 1.11 bits per heavy atom. The van der Waals surface area contributed by atoms with Crippen LogP contribution < -0.4 is 5.56 Å². The lowest BCUT2D eigenvalue weighted by atomic mass is 10.1. The number of fused-ring (bicyclic) bond motifs is 3. The average molecular weight is 396 g/mol. The molecule has 2 aromatic heterocycles. The van der Waals surface area contributed by atoms with Gasteiger partial charge in [0.05, 0.1) is 17.4 Å². The van der Waals surface area contributed by atoms with Gasteiger partial charge in [-0.25, -0.2) is 0 Å². The summed E-state index contributed by atoms with van der Waals surface area (Å²) in [5, 5.41) is 10.1. The second kappa shape index (κ2) is 7.37. The number of halogens is 1. The van der Waals surface area contributed by atoms with Crippen molar-refractivity contribution in [3.63, 3.8) is 0 Å². The van der Waals surface area contributed by atoms with Crippen LogP contribution >= 0.6 is 11.6 Å². The van der Waals surface area contributed by atoms with Gasteiger partial charge in [-0.2, -0.15) is 0 Å². The van der Waals surface area contributed by atoms with E-state index in [2.05, 4.69) is 22.0 Å². The number of hydrogen-bond acceptors (Lipinski definition) is 4. The van der Waals surface area contributed by atoms with Crippen LogP contribution in [-0.4, -0.2) is 30.6 Å². The first-order valence-electron chi connectivity index (χ1n) is 9.28. The van der Waals surface area contributed by atoms with Gasteiger partial charge < -0.3 is 0 Å². The van der Waals surface area contributed by atoms with E-state index in [0.717, 1.165) is 34.0 Å². The second-order valence-electron chi connectivity index (χ2n) is 7.03. The van der Waals surface area contributed by atoms with E-state index >= 15 is 0 Å². The molecular weight excluding hydrogens is 374 g/mol. The highest BCUT2D eigenvalue weighted by Gasteiger charge is 2.17. The number of aromatic nitrogens is 4. The first kappa shape index (κ1) is 18.7. The number of benzene rings is 2. The smallest absolute Gasteiger partial charge is 0.262 e. The number of aryl methyl sites for hydroxylation is 2. The van der Waals surface area contributed by atoms with Crippen molar-refractivity contribution in [3.8, 4) is 0 Å². The largest absolute Gasteiger partial charge is 0.292 e. The lowest BCUT2D eigenvalue weighted by Gasteiger charge is -2.20. The maximum Gasteiger partial charge on any atom is 0.262 e. The standard InChI is InChI=1S/C21H22ClN5O/c1-4-26(12-15-7-5-6-8-17(15)22)13-19-23-24-21-25(3)20(28)16-11-14(2)9-10-18(16)27(19)21/h5-11H,4,12-13H2,1-3H3. The fourth-order valence-corrected chi connectivity index (χ4v) is 3.70. The summed E-state index contributed by atoms with van der Waals surface area (Å²) in [6.45, 7) is 6.25. The van der Waals surface area contributed by atoms with Crippen molar-refractivity contribution in [1.82, 2.24) is 24.1 Å². The predicted molar refractivity (Wildman–Crippen MR) is 112 cm³/mol. The summed E-state index contributed by atoms with van der Waals surface area (Å²) in [6, 6.07) is 13.8. The van der Waals surface area contributed by atoms with Crippen LogP contribution in [0.25, 0.3) is 16.7 Å².